The third-order valence-electron chi connectivity index (χ3n) is 3.84. The monoisotopic (exact) mass is 320 g/mol. The molecule has 0 unspecified atom stereocenters. The highest BCUT2D eigenvalue weighted by Crippen LogP contribution is 2.17. The molecular weight excluding hydrogens is 292 g/mol. The first-order chi connectivity index (χ1) is 10.8. The molecule has 2 N–H and O–H groups in total. The van der Waals surface area contributed by atoms with Crippen molar-refractivity contribution < 1.29 is 0 Å². The largest absolute Gasteiger partial charge is 0.357 e. The first-order valence-corrected chi connectivity index (χ1v) is 9.53. The van der Waals surface area contributed by atoms with Crippen LogP contribution in [0.15, 0.2) is 29.3 Å². The van der Waals surface area contributed by atoms with Crippen LogP contribution in [0.2, 0.25) is 0 Å². The van der Waals surface area contributed by atoms with E-state index in [1.807, 2.05) is 11.8 Å². The Balaban J connectivity index is 1.78. The fourth-order valence-corrected chi connectivity index (χ4v) is 2.97. The standard InChI is InChI=1S/C17H28N4S/c1-3-18-17(20-10-13-22-2)19-9-12-21-11-8-15-6-4-5-7-16(15)14-21/h4-7H,3,8-14H2,1-2H3,(H2,18,19,20). The van der Waals surface area contributed by atoms with Crippen molar-refractivity contribution in [1.29, 1.82) is 0 Å². The van der Waals surface area contributed by atoms with Gasteiger partial charge in [0.05, 0.1) is 6.54 Å². The van der Waals surface area contributed by atoms with Crippen LogP contribution >= 0.6 is 11.8 Å². The Morgan fingerprint density at radius 2 is 2.09 bits per heavy atom. The van der Waals surface area contributed by atoms with E-state index in [0.29, 0.717) is 0 Å². The highest BCUT2D eigenvalue weighted by Gasteiger charge is 2.14. The van der Waals surface area contributed by atoms with E-state index >= 15 is 0 Å². The minimum absolute atomic E-state index is 0.844. The Labute approximate surface area is 138 Å². The molecule has 0 saturated carbocycles. The van der Waals surface area contributed by atoms with Crippen LogP contribution in [-0.2, 0) is 13.0 Å². The Morgan fingerprint density at radius 3 is 2.86 bits per heavy atom. The molecule has 1 aliphatic rings. The molecule has 0 bridgehead atoms. The van der Waals surface area contributed by atoms with Crippen LogP contribution in [0.25, 0.3) is 0 Å². The third-order valence-corrected chi connectivity index (χ3v) is 4.45. The predicted molar refractivity (Wildman–Crippen MR) is 97.8 cm³/mol. The van der Waals surface area contributed by atoms with E-state index in [0.717, 1.165) is 57.4 Å². The maximum atomic E-state index is 4.68. The Bertz CT molecular complexity index is 475. The van der Waals surface area contributed by atoms with Crippen molar-refractivity contribution in [2.75, 3.05) is 44.7 Å². The number of guanidine groups is 1. The first-order valence-electron chi connectivity index (χ1n) is 8.13. The molecule has 1 aromatic rings. The van der Waals surface area contributed by atoms with Crippen molar-refractivity contribution in [1.82, 2.24) is 15.5 Å². The van der Waals surface area contributed by atoms with Gasteiger partial charge < -0.3 is 10.6 Å². The quantitative estimate of drug-likeness (QED) is 0.458. The molecular formula is C17H28N4S. The molecule has 5 heteroatoms. The van der Waals surface area contributed by atoms with Crippen LogP contribution in [-0.4, -0.2) is 55.6 Å². The van der Waals surface area contributed by atoms with Gasteiger partial charge >= 0.3 is 0 Å². The molecule has 0 aliphatic carbocycles. The molecule has 22 heavy (non-hydrogen) atoms. The number of nitrogens with one attached hydrogen (secondary N) is 2. The van der Waals surface area contributed by atoms with Gasteiger partial charge in [0.2, 0.25) is 0 Å². The second-order valence-corrected chi connectivity index (χ2v) is 6.46. The van der Waals surface area contributed by atoms with E-state index in [4.69, 9.17) is 0 Å². The Morgan fingerprint density at radius 1 is 1.27 bits per heavy atom. The summed E-state index contributed by atoms with van der Waals surface area (Å²) in [6.07, 6.45) is 3.28. The summed E-state index contributed by atoms with van der Waals surface area (Å²) in [6, 6.07) is 8.78. The fraction of sp³-hybridized carbons (Fsp3) is 0.588. The van der Waals surface area contributed by atoms with E-state index in [2.05, 4.69) is 58.0 Å². The number of hydrogen-bond donors (Lipinski definition) is 2. The van der Waals surface area contributed by atoms with Gasteiger partial charge in [-0.15, -0.1) is 0 Å². The lowest BCUT2D eigenvalue weighted by atomic mass is 10.0. The molecule has 0 amide bonds. The third kappa shape index (κ3) is 5.54. The summed E-state index contributed by atoms with van der Waals surface area (Å²) in [5.41, 5.74) is 2.98. The molecule has 0 saturated heterocycles. The number of thioether (sulfide) groups is 1. The van der Waals surface area contributed by atoms with Gasteiger partial charge in [-0.2, -0.15) is 11.8 Å². The summed E-state index contributed by atoms with van der Waals surface area (Å²) in [5.74, 6) is 2.04. The van der Waals surface area contributed by atoms with Crippen LogP contribution in [0.5, 0.6) is 0 Å². The summed E-state index contributed by atoms with van der Waals surface area (Å²) in [4.78, 5) is 7.18. The molecule has 0 spiro atoms. The summed E-state index contributed by atoms with van der Waals surface area (Å²) in [5, 5.41) is 6.68. The smallest absolute Gasteiger partial charge is 0.191 e. The highest BCUT2D eigenvalue weighted by molar-refractivity contribution is 7.98. The van der Waals surface area contributed by atoms with E-state index < -0.39 is 0 Å². The minimum Gasteiger partial charge on any atom is -0.357 e. The molecule has 0 aromatic heterocycles. The number of hydrogen-bond acceptors (Lipinski definition) is 3. The van der Waals surface area contributed by atoms with Crippen molar-refractivity contribution in [2.45, 2.75) is 19.9 Å². The van der Waals surface area contributed by atoms with Crippen molar-refractivity contribution in [3.05, 3.63) is 35.4 Å². The Hall–Kier alpha value is -1.20. The van der Waals surface area contributed by atoms with Crippen molar-refractivity contribution in [2.24, 2.45) is 4.99 Å². The zero-order valence-corrected chi connectivity index (χ0v) is 14.6. The fourth-order valence-electron chi connectivity index (χ4n) is 2.66. The maximum absolute atomic E-state index is 4.68. The van der Waals surface area contributed by atoms with E-state index in [-0.39, 0.29) is 0 Å². The highest BCUT2D eigenvalue weighted by atomic mass is 32.2. The predicted octanol–water partition coefficient (Wildman–Crippen LogP) is 1.96. The van der Waals surface area contributed by atoms with Crippen molar-refractivity contribution in [3.8, 4) is 0 Å². The van der Waals surface area contributed by atoms with Gasteiger partial charge in [0.25, 0.3) is 0 Å². The van der Waals surface area contributed by atoms with Crippen LogP contribution in [0.3, 0.4) is 0 Å². The maximum Gasteiger partial charge on any atom is 0.191 e. The van der Waals surface area contributed by atoms with Gasteiger partial charge in [0.1, 0.15) is 0 Å². The summed E-state index contributed by atoms with van der Waals surface area (Å²) >= 11 is 1.85. The average molecular weight is 321 g/mol. The van der Waals surface area contributed by atoms with E-state index in [9.17, 15) is 0 Å². The Kier molecular flexibility index (Phi) is 7.60. The number of benzene rings is 1. The van der Waals surface area contributed by atoms with Crippen molar-refractivity contribution in [3.63, 3.8) is 0 Å². The van der Waals surface area contributed by atoms with Gasteiger partial charge in [-0.3, -0.25) is 9.89 Å². The summed E-state index contributed by atoms with van der Waals surface area (Å²) in [6.45, 7) is 8.04. The molecule has 0 radical (unpaired) electrons. The normalized spacial score (nSPS) is 15.5. The number of aliphatic imine (C=N–C) groups is 1. The van der Waals surface area contributed by atoms with E-state index in [1.54, 1.807) is 0 Å². The van der Waals surface area contributed by atoms with Crippen LogP contribution < -0.4 is 10.6 Å². The number of nitrogens with zero attached hydrogens (tertiary/aromatic N) is 2. The molecule has 122 valence electrons. The lowest BCUT2D eigenvalue weighted by molar-refractivity contribution is 0.261. The number of fused-ring (bicyclic) bond motifs is 1. The lowest BCUT2D eigenvalue weighted by Crippen LogP contribution is -2.39. The van der Waals surface area contributed by atoms with Crippen LogP contribution in [0.1, 0.15) is 18.1 Å². The zero-order chi connectivity index (χ0) is 15.6. The molecule has 1 aromatic carbocycles. The summed E-state index contributed by atoms with van der Waals surface area (Å²) in [7, 11) is 0. The van der Waals surface area contributed by atoms with E-state index in [1.165, 1.54) is 11.1 Å². The van der Waals surface area contributed by atoms with Crippen molar-refractivity contribution >= 4 is 17.7 Å². The lowest BCUT2D eigenvalue weighted by Gasteiger charge is -2.28. The molecule has 0 fully saturated rings. The van der Waals surface area contributed by atoms with Gasteiger partial charge in [-0.05, 0) is 30.7 Å². The molecule has 0 atom stereocenters. The van der Waals surface area contributed by atoms with Gasteiger partial charge in [0.15, 0.2) is 5.96 Å². The average Bonchev–Trinajstić information content (AvgIpc) is 2.55. The van der Waals surface area contributed by atoms with Crippen LogP contribution in [0.4, 0.5) is 0 Å². The zero-order valence-electron chi connectivity index (χ0n) is 13.8. The molecule has 4 nitrogen and oxygen atoms in total. The second kappa shape index (κ2) is 9.74. The van der Waals surface area contributed by atoms with Crippen LogP contribution in [0, 0.1) is 0 Å². The van der Waals surface area contributed by atoms with Gasteiger partial charge in [-0.1, -0.05) is 24.3 Å². The van der Waals surface area contributed by atoms with Gasteiger partial charge in [0, 0.05) is 38.5 Å². The minimum atomic E-state index is 0.844. The molecule has 1 aliphatic heterocycles. The second-order valence-electron chi connectivity index (χ2n) is 5.48. The van der Waals surface area contributed by atoms with Gasteiger partial charge in [-0.25, -0.2) is 0 Å². The molecule has 2 rings (SSSR count). The topological polar surface area (TPSA) is 39.7 Å². The SMILES string of the molecule is CCNC(=NCCN1CCc2ccccc2C1)NCCSC. The summed E-state index contributed by atoms with van der Waals surface area (Å²) < 4.78 is 0. The number of rotatable bonds is 7. The first kappa shape index (κ1) is 17.2. The molecule has 1 heterocycles.